The van der Waals surface area contributed by atoms with Crippen LogP contribution in [0, 0.1) is 0 Å². The molecule has 2 N–H and O–H groups in total. The molecule has 0 radical (unpaired) electrons. The van der Waals surface area contributed by atoms with Gasteiger partial charge >= 0.3 is 0 Å². The van der Waals surface area contributed by atoms with Gasteiger partial charge in [0.1, 0.15) is 11.5 Å². The van der Waals surface area contributed by atoms with E-state index in [1.807, 2.05) is 12.1 Å². The Bertz CT molecular complexity index is 761. The number of anilines is 1. The summed E-state index contributed by atoms with van der Waals surface area (Å²) in [5, 5.41) is 0. The van der Waals surface area contributed by atoms with Gasteiger partial charge < -0.3 is 15.2 Å². The van der Waals surface area contributed by atoms with Gasteiger partial charge in [-0.3, -0.25) is 4.79 Å². The molecule has 2 aromatic rings. The van der Waals surface area contributed by atoms with Crippen LogP contribution in [0.4, 0.5) is 5.69 Å². The fourth-order valence-electron chi connectivity index (χ4n) is 2.42. The predicted molar refractivity (Wildman–Crippen MR) is 97.7 cm³/mol. The van der Waals surface area contributed by atoms with E-state index >= 15 is 0 Å². The third-order valence-corrected chi connectivity index (χ3v) is 3.62. The van der Waals surface area contributed by atoms with Crippen LogP contribution in [0.3, 0.4) is 0 Å². The number of allylic oxidation sites excluding steroid dienone is 2. The van der Waals surface area contributed by atoms with Crippen LogP contribution in [0.1, 0.15) is 21.5 Å². The third kappa shape index (κ3) is 3.84. The highest BCUT2D eigenvalue weighted by Gasteiger charge is 2.12. The molecule has 0 saturated carbocycles. The van der Waals surface area contributed by atoms with Crippen LogP contribution < -0.4 is 15.2 Å². The van der Waals surface area contributed by atoms with Gasteiger partial charge in [0.25, 0.3) is 0 Å². The molecule has 0 aliphatic rings. The molecule has 0 unspecified atom stereocenters. The molecular weight excluding hydrogens is 302 g/mol. The molecule has 0 spiro atoms. The minimum absolute atomic E-state index is 0.117. The lowest BCUT2D eigenvalue weighted by Gasteiger charge is -2.14. The quantitative estimate of drug-likeness (QED) is 0.363. The average molecular weight is 323 g/mol. The zero-order valence-electron chi connectivity index (χ0n) is 13.9. The van der Waals surface area contributed by atoms with E-state index in [1.165, 1.54) is 6.08 Å². The number of nitrogens with two attached hydrogens (primary N) is 1. The molecule has 24 heavy (non-hydrogen) atoms. The van der Waals surface area contributed by atoms with E-state index in [0.717, 1.165) is 11.1 Å². The van der Waals surface area contributed by atoms with E-state index in [0.29, 0.717) is 29.2 Å². The average Bonchev–Trinajstić information content (AvgIpc) is 2.60. The van der Waals surface area contributed by atoms with Gasteiger partial charge in [-0.25, -0.2) is 0 Å². The van der Waals surface area contributed by atoms with Crippen molar-refractivity contribution in [3.05, 3.63) is 71.8 Å². The van der Waals surface area contributed by atoms with Crippen molar-refractivity contribution >= 4 is 17.5 Å². The van der Waals surface area contributed by atoms with E-state index in [2.05, 4.69) is 6.58 Å². The number of ketones is 1. The maximum atomic E-state index is 12.3. The Balaban J connectivity index is 2.39. The molecule has 2 rings (SSSR count). The number of nitrogen functional groups attached to an aromatic ring is 1. The van der Waals surface area contributed by atoms with Gasteiger partial charge in [-0.05, 0) is 54.5 Å². The molecule has 0 heterocycles. The number of ether oxygens (including phenoxy) is 2. The normalized spacial score (nSPS) is 10.6. The molecule has 0 aromatic heterocycles. The summed E-state index contributed by atoms with van der Waals surface area (Å²) in [5.74, 6) is 1.20. The first kappa shape index (κ1) is 17.3. The fraction of sp³-hybridized carbons (Fsp3) is 0.150. The third-order valence-electron chi connectivity index (χ3n) is 3.62. The van der Waals surface area contributed by atoms with Crippen LogP contribution in [0.2, 0.25) is 0 Å². The molecule has 0 saturated heterocycles. The number of hydrogen-bond acceptors (Lipinski definition) is 4. The first-order chi connectivity index (χ1) is 11.6. The highest BCUT2D eigenvalue weighted by Crippen LogP contribution is 2.34. The summed E-state index contributed by atoms with van der Waals surface area (Å²) in [6.45, 7) is 3.76. The molecule has 4 heteroatoms. The van der Waals surface area contributed by atoms with E-state index < -0.39 is 0 Å². The minimum Gasteiger partial charge on any atom is -0.496 e. The number of carbonyl (C=O) groups is 1. The van der Waals surface area contributed by atoms with E-state index in [-0.39, 0.29) is 5.78 Å². The van der Waals surface area contributed by atoms with Gasteiger partial charge in [0.05, 0.1) is 19.8 Å². The van der Waals surface area contributed by atoms with Crippen LogP contribution in [-0.2, 0) is 6.42 Å². The second-order valence-electron chi connectivity index (χ2n) is 5.19. The Hall–Kier alpha value is -3.01. The SMILES string of the molecule is C=CCc1ccc(OC)c(C=CC(=O)c2ccc(N)cc2)c1OC. The van der Waals surface area contributed by atoms with Crippen LogP contribution in [-0.4, -0.2) is 20.0 Å². The van der Waals surface area contributed by atoms with Gasteiger partial charge in [0.15, 0.2) is 5.78 Å². The van der Waals surface area contributed by atoms with Gasteiger partial charge in [-0.15, -0.1) is 6.58 Å². The Labute approximate surface area is 142 Å². The number of benzene rings is 2. The predicted octanol–water partition coefficient (Wildman–Crippen LogP) is 3.91. The van der Waals surface area contributed by atoms with Gasteiger partial charge in [0, 0.05) is 11.3 Å². The van der Waals surface area contributed by atoms with Crippen LogP contribution in [0.15, 0.2) is 55.1 Å². The molecule has 0 aliphatic carbocycles. The largest absolute Gasteiger partial charge is 0.496 e. The summed E-state index contributed by atoms with van der Waals surface area (Å²) in [4.78, 5) is 12.3. The van der Waals surface area contributed by atoms with Gasteiger partial charge in [-0.1, -0.05) is 12.1 Å². The molecular formula is C20H21NO3. The number of carbonyl (C=O) groups excluding carboxylic acids is 1. The summed E-state index contributed by atoms with van der Waals surface area (Å²) in [7, 11) is 3.18. The second kappa shape index (κ2) is 8.02. The summed E-state index contributed by atoms with van der Waals surface area (Å²) < 4.78 is 10.9. The van der Waals surface area contributed by atoms with E-state index in [1.54, 1.807) is 50.6 Å². The first-order valence-electron chi connectivity index (χ1n) is 7.53. The van der Waals surface area contributed by atoms with Crippen molar-refractivity contribution in [1.82, 2.24) is 0 Å². The van der Waals surface area contributed by atoms with Crippen LogP contribution >= 0.6 is 0 Å². The topological polar surface area (TPSA) is 61.5 Å². The lowest BCUT2D eigenvalue weighted by molar-refractivity contribution is 0.104. The molecule has 2 aromatic carbocycles. The van der Waals surface area contributed by atoms with Crippen LogP contribution in [0.5, 0.6) is 11.5 Å². The molecule has 0 fully saturated rings. The van der Waals surface area contributed by atoms with E-state index in [4.69, 9.17) is 15.2 Å². The Kier molecular flexibility index (Phi) is 5.79. The number of rotatable bonds is 7. The summed E-state index contributed by atoms with van der Waals surface area (Å²) in [6, 6.07) is 10.6. The maximum Gasteiger partial charge on any atom is 0.185 e. The molecule has 0 amide bonds. The van der Waals surface area contributed by atoms with Gasteiger partial charge in [0.2, 0.25) is 0 Å². The molecule has 4 nitrogen and oxygen atoms in total. The van der Waals surface area contributed by atoms with Crippen molar-refractivity contribution in [1.29, 1.82) is 0 Å². The standard InChI is InChI=1S/C20H21NO3/c1-4-5-15-8-13-19(23-2)17(20(15)24-3)11-12-18(22)14-6-9-16(21)10-7-14/h4,6-13H,1,5,21H2,2-3H3. The molecule has 0 atom stereocenters. The Morgan fingerprint density at radius 3 is 2.42 bits per heavy atom. The summed E-state index contributed by atoms with van der Waals surface area (Å²) >= 11 is 0. The Morgan fingerprint density at radius 1 is 1.12 bits per heavy atom. The number of methoxy groups -OCH3 is 2. The monoisotopic (exact) mass is 323 g/mol. The lowest BCUT2D eigenvalue weighted by Crippen LogP contribution is -1.99. The lowest BCUT2D eigenvalue weighted by atomic mass is 10.0. The minimum atomic E-state index is -0.117. The van der Waals surface area contributed by atoms with Crippen molar-refractivity contribution in [2.75, 3.05) is 20.0 Å². The van der Waals surface area contributed by atoms with Crippen molar-refractivity contribution in [3.63, 3.8) is 0 Å². The highest BCUT2D eigenvalue weighted by atomic mass is 16.5. The zero-order valence-corrected chi connectivity index (χ0v) is 13.9. The molecule has 0 bridgehead atoms. The van der Waals surface area contributed by atoms with E-state index in [9.17, 15) is 4.79 Å². The van der Waals surface area contributed by atoms with Crippen molar-refractivity contribution in [2.24, 2.45) is 0 Å². The molecule has 124 valence electrons. The van der Waals surface area contributed by atoms with Crippen molar-refractivity contribution < 1.29 is 14.3 Å². The van der Waals surface area contributed by atoms with Crippen molar-refractivity contribution in [3.8, 4) is 11.5 Å². The van der Waals surface area contributed by atoms with Crippen molar-refractivity contribution in [2.45, 2.75) is 6.42 Å². The second-order valence-corrected chi connectivity index (χ2v) is 5.19. The summed E-state index contributed by atoms with van der Waals surface area (Å²) in [6.07, 6.45) is 5.68. The smallest absolute Gasteiger partial charge is 0.185 e. The summed E-state index contributed by atoms with van der Waals surface area (Å²) in [5.41, 5.74) is 8.54. The fourth-order valence-corrected chi connectivity index (χ4v) is 2.42. The zero-order chi connectivity index (χ0) is 17.5. The first-order valence-corrected chi connectivity index (χ1v) is 7.53. The molecule has 0 aliphatic heterocycles. The maximum absolute atomic E-state index is 12.3. The Morgan fingerprint density at radius 2 is 1.83 bits per heavy atom. The highest BCUT2D eigenvalue weighted by molar-refractivity contribution is 6.07. The van der Waals surface area contributed by atoms with Gasteiger partial charge in [-0.2, -0.15) is 0 Å². The van der Waals surface area contributed by atoms with Crippen LogP contribution in [0.25, 0.3) is 6.08 Å². The number of hydrogen-bond donors (Lipinski definition) is 1.